The molecule has 1 aromatic heterocycles. The molecule has 1 heterocycles. The first-order chi connectivity index (χ1) is 11.6. The minimum atomic E-state index is -4.59. The lowest BCUT2D eigenvalue weighted by Crippen LogP contribution is -2.07. The van der Waals surface area contributed by atoms with Crippen molar-refractivity contribution < 1.29 is 21.6 Å². The standard InChI is InChI=1S/C16H12ClF3N2O2S/c1-9-11(17)3-2-4-14(9)25(23,24)8-10-5-6-12-13(7-10)22-15(21-12)16(18,19)20/h2-7H,8H2,1H3,(H,21,22). The first-order valence-electron chi connectivity index (χ1n) is 7.11. The van der Waals surface area contributed by atoms with Gasteiger partial charge >= 0.3 is 6.18 Å². The van der Waals surface area contributed by atoms with Crippen LogP contribution in [0.25, 0.3) is 11.0 Å². The van der Waals surface area contributed by atoms with E-state index < -0.39 is 21.8 Å². The normalized spacial score (nSPS) is 12.7. The maximum Gasteiger partial charge on any atom is 0.449 e. The van der Waals surface area contributed by atoms with Crippen LogP contribution in [0.2, 0.25) is 5.02 Å². The third-order valence-corrected chi connectivity index (χ3v) is 5.96. The summed E-state index contributed by atoms with van der Waals surface area (Å²) >= 11 is 5.96. The monoisotopic (exact) mass is 388 g/mol. The molecule has 0 saturated heterocycles. The third kappa shape index (κ3) is 3.50. The van der Waals surface area contributed by atoms with Crippen LogP contribution < -0.4 is 0 Å². The van der Waals surface area contributed by atoms with Gasteiger partial charge in [0, 0.05) is 5.02 Å². The van der Waals surface area contributed by atoms with Crippen LogP contribution in [0.15, 0.2) is 41.3 Å². The van der Waals surface area contributed by atoms with E-state index in [2.05, 4.69) is 9.97 Å². The molecule has 0 aliphatic rings. The summed E-state index contributed by atoms with van der Waals surface area (Å²) in [5.41, 5.74) is 1.03. The van der Waals surface area contributed by atoms with E-state index in [9.17, 15) is 21.6 Å². The molecule has 3 rings (SSSR count). The number of alkyl halides is 3. The number of aromatic amines is 1. The van der Waals surface area contributed by atoms with Crippen LogP contribution in [0.3, 0.4) is 0 Å². The number of rotatable bonds is 3. The number of imidazole rings is 1. The van der Waals surface area contributed by atoms with Crippen LogP contribution >= 0.6 is 11.6 Å². The summed E-state index contributed by atoms with van der Waals surface area (Å²) in [4.78, 5) is 5.73. The van der Waals surface area contributed by atoms with E-state index in [4.69, 9.17) is 11.6 Å². The predicted octanol–water partition coefficient (Wildman–Crippen LogP) is 4.52. The Balaban J connectivity index is 1.98. The van der Waals surface area contributed by atoms with Gasteiger partial charge in [0.2, 0.25) is 5.82 Å². The Labute approximate surface area is 146 Å². The molecule has 1 N–H and O–H groups in total. The zero-order chi connectivity index (χ0) is 18.4. The second-order valence-corrected chi connectivity index (χ2v) is 7.92. The van der Waals surface area contributed by atoms with E-state index in [1.54, 1.807) is 13.0 Å². The minimum Gasteiger partial charge on any atom is -0.334 e. The number of sulfone groups is 1. The molecule has 9 heteroatoms. The van der Waals surface area contributed by atoms with Gasteiger partial charge < -0.3 is 4.98 Å². The smallest absolute Gasteiger partial charge is 0.334 e. The van der Waals surface area contributed by atoms with Crippen LogP contribution in [0.1, 0.15) is 17.0 Å². The van der Waals surface area contributed by atoms with Gasteiger partial charge in [-0.2, -0.15) is 13.2 Å². The first-order valence-corrected chi connectivity index (χ1v) is 9.15. The third-order valence-electron chi connectivity index (χ3n) is 3.72. The number of aromatic nitrogens is 2. The van der Waals surface area contributed by atoms with Gasteiger partial charge in [-0.05, 0) is 42.3 Å². The van der Waals surface area contributed by atoms with E-state index in [-0.39, 0.29) is 21.7 Å². The molecule has 3 aromatic rings. The van der Waals surface area contributed by atoms with Crippen LogP contribution in [0.4, 0.5) is 13.2 Å². The number of H-pyrrole nitrogens is 1. The summed E-state index contributed by atoms with van der Waals surface area (Å²) in [6.45, 7) is 1.60. The van der Waals surface area contributed by atoms with E-state index in [0.717, 1.165) is 0 Å². The van der Waals surface area contributed by atoms with Gasteiger partial charge in [0.15, 0.2) is 9.84 Å². The quantitative estimate of drug-likeness (QED) is 0.717. The summed E-state index contributed by atoms with van der Waals surface area (Å²) in [7, 11) is -3.70. The van der Waals surface area contributed by atoms with Gasteiger partial charge in [-0.1, -0.05) is 23.7 Å². The van der Waals surface area contributed by atoms with E-state index in [1.165, 1.54) is 30.3 Å². The largest absolute Gasteiger partial charge is 0.449 e. The molecule has 0 fully saturated rings. The first kappa shape index (κ1) is 17.8. The summed E-state index contributed by atoms with van der Waals surface area (Å²) in [6.07, 6.45) is -4.59. The lowest BCUT2D eigenvalue weighted by Gasteiger charge is -2.09. The van der Waals surface area contributed by atoms with Crippen molar-refractivity contribution in [3.63, 3.8) is 0 Å². The fourth-order valence-corrected chi connectivity index (χ4v) is 4.37. The van der Waals surface area contributed by atoms with E-state index >= 15 is 0 Å². The Morgan fingerprint density at radius 2 is 1.92 bits per heavy atom. The van der Waals surface area contributed by atoms with Crippen LogP contribution in [0.5, 0.6) is 0 Å². The van der Waals surface area contributed by atoms with Gasteiger partial charge in [-0.15, -0.1) is 0 Å². The highest BCUT2D eigenvalue weighted by Gasteiger charge is 2.34. The number of nitrogens with zero attached hydrogens (tertiary/aromatic N) is 1. The number of halogens is 4. The van der Waals surface area contributed by atoms with Crippen LogP contribution in [0, 0.1) is 6.92 Å². The molecular weight excluding hydrogens is 377 g/mol. The Morgan fingerprint density at radius 1 is 1.20 bits per heavy atom. The molecule has 0 bridgehead atoms. The Hall–Kier alpha value is -2.06. The average Bonchev–Trinajstić information content (AvgIpc) is 2.93. The van der Waals surface area contributed by atoms with Crippen molar-refractivity contribution >= 4 is 32.5 Å². The predicted molar refractivity (Wildman–Crippen MR) is 88.2 cm³/mol. The van der Waals surface area contributed by atoms with E-state index in [1.807, 2.05) is 0 Å². The molecule has 0 aliphatic carbocycles. The summed E-state index contributed by atoms with van der Waals surface area (Å²) in [6, 6.07) is 8.74. The van der Waals surface area contributed by atoms with Crippen LogP contribution in [-0.2, 0) is 21.8 Å². The van der Waals surface area contributed by atoms with Gasteiger partial charge in [0.05, 0.1) is 21.7 Å². The zero-order valence-corrected chi connectivity index (χ0v) is 14.4. The highest BCUT2D eigenvalue weighted by atomic mass is 35.5. The number of nitrogens with one attached hydrogen (secondary N) is 1. The lowest BCUT2D eigenvalue weighted by atomic mass is 10.2. The van der Waals surface area contributed by atoms with Crippen molar-refractivity contribution in [3.05, 3.63) is 58.4 Å². The SMILES string of the molecule is Cc1c(Cl)cccc1S(=O)(=O)Cc1ccc2nc(C(F)(F)F)[nH]c2c1. The summed E-state index contributed by atoms with van der Waals surface area (Å²) in [5.74, 6) is -1.47. The van der Waals surface area contributed by atoms with Crippen molar-refractivity contribution in [2.75, 3.05) is 0 Å². The highest BCUT2D eigenvalue weighted by molar-refractivity contribution is 7.90. The molecule has 0 amide bonds. The van der Waals surface area contributed by atoms with Crippen molar-refractivity contribution in [2.24, 2.45) is 0 Å². The summed E-state index contributed by atoms with van der Waals surface area (Å²) < 4.78 is 63.3. The number of fused-ring (bicyclic) bond motifs is 1. The highest BCUT2D eigenvalue weighted by Crippen LogP contribution is 2.30. The molecule has 2 aromatic carbocycles. The maximum atomic E-state index is 12.7. The fourth-order valence-electron chi connectivity index (χ4n) is 2.50. The van der Waals surface area contributed by atoms with E-state index in [0.29, 0.717) is 16.1 Å². The Kier molecular flexibility index (Phi) is 4.28. The van der Waals surface area contributed by atoms with Gasteiger partial charge in [0.1, 0.15) is 0 Å². The molecule has 0 atom stereocenters. The average molecular weight is 389 g/mol. The van der Waals surface area contributed by atoms with Gasteiger partial charge in [-0.3, -0.25) is 0 Å². The molecule has 0 aliphatic heterocycles. The molecule has 0 radical (unpaired) electrons. The zero-order valence-electron chi connectivity index (χ0n) is 12.9. The second-order valence-electron chi connectivity index (χ2n) is 5.56. The molecule has 25 heavy (non-hydrogen) atoms. The number of hydrogen-bond donors (Lipinski definition) is 1. The Morgan fingerprint density at radius 3 is 2.60 bits per heavy atom. The molecule has 0 spiro atoms. The molecular formula is C16H12ClF3N2O2S. The molecule has 132 valence electrons. The second kappa shape index (κ2) is 6.03. The van der Waals surface area contributed by atoms with Crippen molar-refractivity contribution in [3.8, 4) is 0 Å². The summed E-state index contributed by atoms with van der Waals surface area (Å²) in [5, 5.41) is 0.333. The Bertz CT molecular complexity index is 1060. The lowest BCUT2D eigenvalue weighted by molar-refractivity contribution is -0.144. The fraction of sp³-hybridized carbons (Fsp3) is 0.188. The van der Waals surface area contributed by atoms with Crippen LogP contribution in [-0.4, -0.2) is 18.4 Å². The topological polar surface area (TPSA) is 62.8 Å². The number of hydrogen-bond acceptors (Lipinski definition) is 3. The van der Waals surface area contributed by atoms with Gasteiger partial charge in [0.25, 0.3) is 0 Å². The maximum absolute atomic E-state index is 12.7. The molecule has 4 nitrogen and oxygen atoms in total. The van der Waals surface area contributed by atoms with Crippen molar-refractivity contribution in [2.45, 2.75) is 23.7 Å². The van der Waals surface area contributed by atoms with Crippen molar-refractivity contribution in [1.29, 1.82) is 0 Å². The molecule has 0 unspecified atom stereocenters. The minimum absolute atomic E-state index is 0.0979. The van der Waals surface area contributed by atoms with Crippen molar-refractivity contribution in [1.82, 2.24) is 9.97 Å². The number of benzene rings is 2. The van der Waals surface area contributed by atoms with Gasteiger partial charge in [-0.25, -0.2) is 13.4 Å². The molecule has 0 saturated carbocycles.